The molecule has 1 aliphatic heterocycles. The van der Waals surface area contributed by atoms with Crippen LogP contribution in [0.5, 0.6) is 5.75 Å². The number of methoxy groups -OCH3 is 2. The largest absolute Gasteiger partial charge is 0.496 e. The van der Waals surface area contributed by atoms with E-state index in [0.29, 0.717) is 23.7 Å². The predicted octanol–water partition coefficient (Wildman–Crippen LogP) is 6.00. The van der Waals surface area contributed by atoms with E-state index in [9.17, 15) is 13.2 Å². The van der Waals surface area contributed by atoms with Gasteiger partial charge in [0, 0.05) is 42.3 Å². The summed E-state index contributed by atoms with van der Waals surface area (Å²) in [5.41, 5.74) is 5.04. The first-order valence-corrected chi connectivity index (χ1v) is 16.2. The first kappa shape index (κ1) is 30.8. The van der Waals surface area contributed by atoms with Crippen molar-refractivity contribution >= 4 is 26.9 Å². The molecule has 3 aromatic carbocycles. The molecule has 1 saturated heterocycles. The molecule has 0 aliphatic carbocycles. The molecule has 0 saturated carbocycles. The fourth-order valence-corrected chi connectivity index (χ4v) is 7.45. The lowest BCUT2D eigenvalue weighted by molar-refractivity contribution is 0.0600. The molecule has 1 unspecified atom stereocenters. The molecule has 228 valence electrons. The number of nitrogens with zero attached hydrogens (tertiary/aromatic N) is 2. The van der Waals surface area contributed by atoms with E-state index in [0.717, 1.165) is 65.7 Å². The Morgan fingerprint density at radius 3 is 2.40 bits per heavy atom. The van der Waals surface area contributed by atoms with Crippen LogP contribution < -0.4 is 10.1 Å². The van der Waals surface area contributed by atoms with Gasteiger partial charge in [-0.3, -0.25) is 4.90 Å². The fraction of sp³-hybridized carbons (Fsp3) is 0.382. The van der Waals surface area contributed by atoms with Gasteiger partial charge in [0.2, 0.25) is 0 Å². The third-order valence-electron chi connectivity index (χ3n) is 8.50. The van der Waals surface area contributed by atoms with Gasteiger partial charge in [-0.25, -0.2) is 17.2 Å². The molecule has 8 nitrogen and oxygen atoms in total. The second-order valence-electron chi connectivity index (χ2n) is 11.5. The number of rotatable bonds is 7. The van der Waals surface area contributed by atoms with E-state index < -0.39 is 10.0 Å². The van der Waals surface area contributed by atoms with Crippen molar-refractivity contribution in [1.82, 2.24) is 14.2 Å². The summed E-state index contributed by atoms with van der Waals surface area (Å²) < 4.78 is 39.8. The molecule has 1 N–H and O–H groups in total. The molecule has 2 atom stereocenters. The summed E-state index contributed by atoms with van der Waals surface area (Å²) in [4.78, 5) is 14.8. The summed E-state index contributed by atoms with van der Waals surface area (Å²) in [6, 6.07) is 18.8. The topological polar surface area (TPSA) is 89.9 Å². The van der Waals surface area contributed by atoms with Crippen molar-refractivity contribution in [3.8, 4) is 5.75 Å². The monoisotopic (exact) mass is 603 g/mol. The molecule has 4 aromatic rings. The van der Waals surface area contributed by atoms with Crippen molar-refractivity contribution in [2.45, 2.75) is 63.6 Å². The van der Waals surface area contributed by atoms with Crippen molar-refractivity contribution in [1.29, 1.82) is 0 Å². The first-order valence-electron chi connectivity index (χ1n) is 14.8. The van der Waals surface area contributed by atoms with E-state index in [1.54, 1.807) is 25.4 Å². The van der Waals surface area contributed by atoms with Crippen LogP contribution in [0.15, 0.2) is 71.8 Å². The summed E-state index contributed by atoms with van der Waals surface area (Å²) in [7, 11) is -0.758. The van der Waals surface area contributed by atoms with Crippen molar-refractivity contribution in [3.05, 3.63) is 94.7 Å². The molecule has 1 fully saturated rings. The van der Waals surface area contributed by atoms with Crippen LogP contribution in [0.4, 0.5) is 0 Å². The molecule has 1 aliphatic rings. The van der Waals surface area contributed by atoms with E-state index in [4.69, 9.17) is 9.47 Å². The third-order valence-corrected chi connectivity index (χ3v) is 10.2. The lowest BCUT2D eigenvalue weighted by Crippen LogP contribution is -2.38. The minimum atomic E-state index is -3.81. The van der Waals surface area contributed by atoms with Gasteiger partial charge in [-0.2, -0.15) is 0 Å². The van der Waals surface area contributed by atoms with Crippen LogP contribution in [0.1, 0.15) is 64.8 Å². The van der Waals surface area contributed by atoms with Gasteiger partial charge in [-0.05, 0) is 87.7 Å². The summed E-state index contributed by atoms with van der Waals surface area (Å²) in [6.45, 7) is 8.24. The second-order valence-corrected chi connectivity index (χ2v) is 13.3. The number of ether oxygens (including phenoxy) is 2. The Kier molecular flexibility index (Phi) is 9.25. The van der Waals surface area contributed by atoms with Gasteiger partial charge >= 0.3 is 5.97 Å². The van der Waals surface area contributed by atoms with Crippen LogP contribution in [-0.2, 0) is 21.3 Å². The van der Waals surface area contributed by atoms with Crippen LogP contribution in [0, 0.1) is 13.8 Å². The molecule has 0 bridgehead atoms. The minimum Gasteiger partial charge on any atom is -0.496 e. The third kappa shape index (κ3) is 6.34. The summed E-state index contributed by atoms with van der Waals surface area (Å²) in [5.74, 6) is 0.373. The molecule has 0 radical (unpaired) electrons. The summed E-state index contributed by atoms with van der Waals surface area (Å²) >= 11 is 0. The van der Waals surface area contributed by atoms with Gasteiger partial charge < -0.3 is 14.8 Å². The number of aryl methyl sites for hydroxylation is 2. The number of benzene rings is 3. The summed E-state index contributed by atoms with van der Waals surface area (Å²) in [5, 5.41) is 4.57. The Labute approximate surface area is 254 Å². The number of carbonyl (C=O) groups is 1. The normalized spacial score (nSPS) is 18.5. The molecule has 2 heterocycles. The van der Waals surface area contributed by atoms with Crippen LogP contribution in [0.2, 0.25) is 0 Å². The molecule has 0 amide bonds. The Balaban J connectivity index is 1.59. The molecule has 9 heteroatoms. The summed E-state index contributed by atoms with van der Waals surface area (Å²) in [6.07, 6.45) is 4.88. The molecule has 0 spiro atoms. The molecule has 5 rings (SSSR count). The van der Waals surface area contributed by atoms with Gasteiger partial charge in [0.15, 0.2) is 0 Å². The van der Waals surface area contributed by atoms with Gasteiger partial charge in [0.1, 0.15) is 5.75 Å². The van der Waals surface area contributed by atoms with Gasteiger partial charge in [-0.15, -0.1) is 0 Å². The zero-order valence-corrected chi connectivity index (χ0v) is 26.4. The van der Waals surface area contributed by atoms with E-state index in [1.165, 1.54) is 11.1 Å². The Morgan fingerprint density at radius 1 is 1.00 bits per heavy atom. The highest BCUT2D eigenvalue weighted by Gasteiger charge is 2.27. The van der Waals surface area contributed by atoms with Gasteiger partial charge in [-0.1, -0.05) is 36.2 Å². The quantitative estimate of drug-likeness (QED) is 0.259. The Hall–Kier alpha value is -3.66. The lowest BCUT2D eigenvalue weighted by Gasteiger charge is -2.33. The first-order chi connectivity index (χ1) is 20.6. The van der Waals surface area contributed by atoms with Gasteiger partial charge in [0.25, 0.3) is 10.0 Å². The zero-order valence-electron chi connectivity index (χ0n) is 25.6. The van der Waals surface area contributed by atoms with E-state index in [-0.39, 0.29) is 16.9 Å². The standard InChI is InChI=1S/C34H41N3O5S/c1-23-9-15-28(16-10-23)43(39,40)37-19-17-29-30(32(41-4)20-24(2)33(29)37)22-36-18-7-6-8-25(3)35-21-31(36)26-11-13-27(14-12-26)34(38)42-5/h9-17,19-20,25,31,35H,6-8,18,21-22H2,1-5H3/t25-,31?/m1/s1. The Morgan fingerprint density at radius 2 is 1.72 bits per heavy atom. The molecule has 43 heavy (non-hydrogen) atoms. The predicted molar refractivity (Wildman–Crippen MR) is 169 cm³/mol. The van der Waals surface area contributed by atoms with Crippen molar-refractivity contribution in [2.24, 2.45) is 0 Å². The highest BCUT2D eigenvalue weighted by atomic mass is 32.2. The van der Waals surface area contributed by atoms with Crippen LogP contribution in [0.25, 0.3) is 10.9 Å². The number of aromatic nitrogens is 1. The fourth-order valence-electron chi connectivity index (χ4n) is 6.04. The number of nitrogens with one attached hydrogen (secondary N) is 1. The number of fused-ring (bicyclic) bond motifs is 1. The zero-order chi connectivity index (χ0) is 30.7. The average molecular weight is 604 g/mol. The van der Waals surface area contributed by atoms with E-state index in [2.05, 4.69) is 17.1 Å². The highest BCUT2D eigenvalue weighted by Crippen LogP contribution is 2.36. The maximum Gasteiger partial charge on any atom is 0.337 e. The van der Waals surface area contributed by atoms with Crippen LogP contribution in [-0.4, -0.2) is 56.6 Å². The number of hydrogen-bond acceptors (Lipinski definition) is 7. The number of hydrogen-bond donors (Lipinski definition) is 1. The molecule has 1 aromatic heterocycles. The number of carbonyl (C=O) groups excluding carboxylic acids is 1. The lowest BCUT2D eigenvalue weighted by atomic mass is 10.00. The highest BCUT2D eigenvalue weighted by molar-refractivity contribution is 7.90. The van der Waals surface area contributed by atoms with Crippen LogP contribution in [0.3, 0.4) is 0 Å². The average Bonchev–Trinajstić information content (AvgIpc) is 3.49. The van der Waals surface area contributed by atoms with E-state index in [1.807, 2.05) is 62.4 Å². The van der Waals surface area contributed by atoms with Crippen molar-refractivity contribution in [3.63, 3.8) is 0 Å². The molecular weight excluding hydrogens is 562 g/mol. The Bertz CT molecular complexity index is 1690. The van der Waals surface area contributed by atoms with Crippen LogP contribution >= 0.6 is 0 Å². The smallest absolute Gasteiger partial charge is 0.337 e. The maximum absolute atomic E-state index is 13.8. The van der Waals surface area contributed by atoms with Gasteiger partial charge in [0.05, 0.1) is 30.2 Å². The van der Waals surface area contributed by atoms with E-state index >= 15 is 0 Å². The molecular formula is C34H41N3O5S. The SMILES string of the molecule is COC(=O)c1ccc(C2CN[C@H](C)CCCCN2Cc2c(OC)cc(C)c3c2ccn3S(=O)(=O)c2ccc(C)cc2)cc1. The second kappa shape index (κ2) is 12.9. The van der Waals surface area contributed by atoms with Crippen molar-refractivity contribution < 1.29 is 22.7 Å². The minimum absolute atomic E-state index is 0.0201. The number of esters is 1. The maximum atomic E-state index is 13.8. The van der Waals surface area contributed by atoms with Crippen molar-refractivity contribution in [2.75, 3.05) is 27.3 Å².